The van der Waals surface area contributed by atoms with Crippen LogP contribution in [0.25, 0.3) is 0 Å². The number of hydrogen-bond acceptors (Lipinski definition) is 4. The Kier molecular flexibility index (Phi) is 5.08. The number of halogens is 1. The molecule has 1 aliphatic heterocycles. The molecular formula is C18H20BrNO3. The molecule has 0 saturated heterocycles. The quantitative estimate of drug-likeness (QED) is 0.816. The molecular weight excluding hydrogens is 358 g/mol. The fraction of sp³-hybridized carbons (Fsp3) is 0.333. The van der Waals surface area contributed by atoms with Gasteiger partial charge in [-0.05, 0) is 49.7 Å². The van der Waals surface area contributed by atoms with E-state index in [-0.39, 0.29) is 6.10 Å². The van der Waals surface area contributed by atoms with E-state index < -0.39 is 0 Å². The molecule has 2 aromatic carbocycles. The van der Waals surface area contributed by atoms with Crippen LogP contribution in [0.2, 0.25) is 0 Å². The van der Waals surface area contributed by atoms with Crippen LogP contribution in [0, 0.1) is 0 Å². The summed E-state index contributed by atoms with van der Waals surface area (Å²) in [4.78, 5) is 0. The Balaban J connectivity index is 1.63. The van der Waals surface area contributed by atoms with Gasteiger partial charge in [0.15, 0.2) is 11.5 Å². The van der Waals surface area contributed by atoms with E-state index in [1.54, 1.807) is 0 Å². The van der Waals surface area contributed by atoms with Crippen molar-refractivity contribution in [2.24, 2.45) is 0 Å². The van der Waals surface area contributed by atoms with Crippen LogP contribution in [-0.2, 0) is 13.1 Å². The summed E-state index contributed by atoms with van der Waals surface area (Å²) in [6.07, 6.45) is 0.156. The molecule has 5 heteroatoms. The van der Waals surface area contributed by atoms with Gasteiger partial charge >= 0.3 is 0 Å². The molecule has 0 fully saturated rings. The van der Waals surface area contributed by atoms with Gasteiger partial charge in [0.05, 0.1) is 6.10 Å². The molecule has 0 unspecified atom stereocenters. The highest BCUT2D eigenvalue weighted by atomic mass is 79.9. The third-order valence-corrected chi connectivity index (χ3v) is 3.96. The molecule has 0 aliphatic carbocycles. The lowest BCUT2D eigenvalue weighted by atomic mass is 10.1. The smallest absolute Gasteiger partial charge is 0.231 e. The monoisotopic (exact) mass is 377 g/mol. The van der Waals surface area contributed by atoms with Crippen molar-refractivity contribution in [1.29, 1.82) is 0 Å². The Morgan fingerprint density at radius 2 is 1.91 bits per heavy atom. The van der Waals surface area contributed by atoms with Crippen LogP contribution in [-0.4, -0.2) is 12.9 Å². The molecule has 0 atom stereocenters. The van der Waals surface area contributed by atoms with Crippen LogP contribution in [0.5, 0.6) is 17.2 Å². The minimum absolute atomic E-state index is 0.156. The second-order valence-corrected chi connectivity index (χ2v) is 6.63. The summed E-state index contributed by atoms with van der Waals surface area (Å²) in [6, 6.07) is 12.1. The molecule has 122 valence electrons. The van der Waals surface area contributed by atoms with Crippen molar-refractivity contribution in [3.63, 3.8) is 0 Å². The summed E-state index contributed by atoms with van der Waals surface area (Å²) in [5, 5.41) is 3.45. The third-order valence-electron chi connectivity index (χ3n) is 3.47. The summed E-state index contributed by atoms with van der Waals surface area (Å²) >= 11 is 3.52. The molecule has 0 bridgehead atoms. The predicted molar refractivity (Wildman–Crippen MR) is 93.0 cm³/mol. The number of nitrogens with one attached hydrogen (secondary N) is 1. The van der Waals surface area contributed by atoms with Crippen LogP contribution in [0.1, 0.15) is 25.0 Å². The zero-order valence-electron chi connectivity index (χ0n) is 13.3. The first-order chi connectivity index (χ1) is 11.1. The fourth-order valence-electron chi connectivity index (χ4n) is 2.45. The standard InChI is InChI=1S/C18H20BrNO3/c1-12(2)23-16-6-4-15(19)8-14(16)10-20-9-13-3-5-17-18(7-13)22-11-21-17/h3-8,12,20H,9-11H2,1-2H3. The lowest BCUT2D eigenvalue weighted by Gasteiger charge is -2.15. The van der Waals surface area contributed by atoms with Crippen LogP contribution >= 0.6 is 15.9 Å². The van der Waals surface area contributed by atoms with Crippen LogP contribution in [0.4, 0.5) is 0 Å². The first kappa shape index (κ1) is 16.1. The molecule has 0 radical (unpaired) electrons. The zero-order valence-corrected chi connectivity index (χ0v) is 14.9. The minimum Gasteiger partial charge on any atom is -0.491 e. The number of rotatable bonds is 6. The lowest BCUT2D eigenvalue weighted by Crippen LogP contribution is -2.15. The van der Waals surface area contributed by atoms with Gasteiger partial charge in [0.25, 0.3) is 0 Å². The maximum absolute atomic E-state index is 5.87. The maximum Gasteiger partial charge on any atom is 0.231 e. The summed E-state index contributed by atoms with van der Waals surface area (Å²) in [6.45, 7) is 5.86. The van der Waals surface area contributed by atoms with Gasteiger partial charge < -0.3 is 19.5 Å². The van der Waals surface area contributed by atoms with Gasteiger partial charge in [0.2, 0.25) is 6.79 Å². The molecule has 0 spiro atoms. The lowest BCUT2D eigenvalue weighted by molar-refractivity contribution is 0.174. The van der Waals surface area contributed by atoms with Gasteiger partial charge in [-0.2, -0.15) is 0 Å². The average molecular weight is 378 g/mol. The van der Waals surface area contributed by atoms with E-state index in [9.17, 15) is 0 Å². The Hall–Kier alpha value is -1.72. The average Bonchev–Trinajstić information content (AvgIpc) is 2.97. The molecule has 1 aliphatic rings. The Morgan fingerprint density at radius 3 is 2.74 bits per heavy atom. The Bertz CT molecular complexity index is 688. The molecule has 2 aromatic rings. The van der Waals surface area contributed by atoms with Gasteiger partial charge in [-0.3, -0.25) is 0 Å². The van der Waals surface area contributed by atoms with E-state index in [1.807, 2.05) is 44.2 Å². The number of fused-ring (bicyclic) bond motifs is 1. The number of ether oxygens (including phenoxy) is 3. The first-order valence-corrected chi connectivity index (χ1v) is 8.45. The molecule has 4 nitrogen and oxygen atoms in total. The number of benzene rings is 2. The highest BCUT2D eigenvalue weighted by molar-refractivity contribution is 9.10. The molecule has 1 heterocycles. The van der Waals surface area contributed by atoms with Gasteiger partial charge in [-0.1, -0.05) is 22.0 Å². The molecule has 3 rings (SSSR count). The highest BCUT2D eigenvalue weighted by Crippen LogP contribution is 2.32. The zero-order chi connectivity index (χ0) is 16.2. The first-order valence-electron chi connectivity index (χ1n) is 7.66. The van der Waals surface area contributed by atoms with Gasteiger partial charge in [-0.15, -0.1) is 0 Å². The van der Waals surface area contributed by atoms with E-state index in [1.165, 1.54) is 0 Å². The fourth-order valence-corrected chi connectivity index (χ4v) is 2.86. The van der Waals surface area contributed by atoms with E-state index in [0.717, 1.165) is 45.9 Å². The van der Waals surface area contributed by atoms with Crippen molar-refractivity contribution in [2.75, 3.05) is 6.79 Å². The topological polar surface area (TPSA) is 39.7 Å². The van der Waals surface area contributed by atoms with E-state index in [4.69, 9.17) is 14.2 Å². The van der Waals surface area contributed by atoms with E-state index in [0.29, 0.717) is 6.79 Å². The summed E-state index contributed by atoms with van der Waals surface area (Å²) in [7, 11) is 0. The number of hydrogen-bond donors (Lipinski definition) is 1. The maximum atomic E-state index is 5.87. The largest absolute Gasteiger partial charge is 0.491 e. The Morgan fingerprint density at radius 1 is 1.09 bits per heavy atom. The van der Waals surface area contributed by atoms with Gasteiger partial charge in [-0.25, -0.2) is 0 Å². The van der Waals surface area contributed by atoms with E-state index in [2.05, 4.69) is 27.3 Å². The van der Waals surface area contributed by atoms with Crippen molar-refractivity contribution in [1.82, 2.24) is 5.32 Å². The van der Waals surface area contributed by atoms with Crippen LogP contribution < -0.4 is 19.5 Å². The second kappa shape index (κ2) is 7.23. The normalized spacial score (nSPS) is 12.7. The minimum atomic E-state index is 0.156. The molecule has 1 N–H and O–H groups in total. The van der Waals surface area contributed by atoms with Crippen molar-refractivity contribution in [3.8, 4) is 17.2 Å². The third kappa shape index (κ3) is 4.18. The Labute approximate surface area is 144 Å². The van der Waals surface area contributed by atoms with Crippen molar-refractivity contribution in [2.45, 2.75) is 33.0 Å². The SMILES string of the molecule is CC(C)Oc1ccc(Br)cc1CNCc1ccc2c(c1)OCO2. The molecule has 0 saturated carbocycles. The summed E-state index contributed by atoms with van der Waals surface area (Å²) in [5.41, 5.74) is 2.30. The molecule has 23 heavy (non-hydrogen) atoms. The van der Waals surface area contributed by atoms with Gasteiger partial charge in [0.1, 0.15) is 5.75 Å². The van der Waals surface area contributed by atoms with Crippen LogP contribution in [0.3, 0.4) is 0 Å². The van der Waals surface area contributed by atoms with E-state index >= 15 is 0 Å². The van der Waals surface area contributed by atoms with Crippen molar-refractivity contribution < 1.29 is 14.2 Å². The molecule has 0 aromatic heterocycles. The highest BCUT2D eigenvalue weighted by Gasteiger charge is 2.13. The predicted octanol–water partition coefficient (Wildman–Crippen LogP) is 4.25. The van der Waals surface area contributed by atoms with Crippen molar-refractivity contribution in [3.05, 3.63) is 52.0 Å². The molecule has 0 amide bonds. The van der Waals surface area contributed by atoms with Gasteiger partial charge in [0, 0.05) is 23.1 Å². The summed E-state index contributed by atoms with van der Waals surface area (Å²) < 4.78 is 17.7. The van der Waals surface area contributed by atoms with Crippen LogP contribution in [0.15, 0.2) is 40.9 Å². The van der Waals surface area contributed by atoms with Crippen molar-refractivity contribution >= 4 is 15.9 Å². The summed E-state index contributed by atoms with van der Waals surface area (Å²) in [5.74, 6) is 2.55. The second-order valence-electron chi connectivity index (χ2n) is 5.71.